The Morgan fingerprint density at radius 3 is 2.39 bits per heavy atom. The van der Waals surface area contributed by atoms with Crippen molar-refractivity contribution in [2.24, 2.45) is 23.2 Å². The smallest absolute Gasteiger partial charge is 0.326 e. The lowest BCUT2D eigenvalue weighted by molar-refractivity contribution is -0.153. The molecule has 1 atom stereocenters. The molecule has 31 heavy (non-hydrogen) atoms. The molecule has 6 rings (SSSR count). The number of fused-ring (bicyclic) bond motifs is 1. The summed E-state index contributed by atoms with van der Waals surface area (Å²) < 4.78 is 33.4. The summed E-state index contributed by atoms with van der Waals surface area (Å²) >= 11 is 0. The summed E-state index contributed by atoms with van der Waals surface area (Å²) in [5.41, 5.74) is 0.353. The Labute approximate surface area is 179 Å². The van der Waals surface area contributed by atoms with Crippen molar-refractivity contribution in [1.82, 2.24) is 14.9 Å². The van der Waals surface area contributed by atoms with Gasteiger partial charge in [-0.2, -0.15) is 8.78 Å². The Morgan fingerprint density at radius 2 is 1.77 bits per heavy atom. The molecule has 1 unspecified atom stereocenters. The Bertz CT molecular complexity index is 983. The van der Waals surface area contributed by atoms with Crippen molar-refractivity contribution in [3.05, 3.63) is 30.1 Å². The molecular weight excluding hydrogens is 404 g/mol. The van der Waals surface area contributed by atoms with Gasteiger partial charge in [0.2, 0.25) is 5.91 Å². The minimum Gasteiger partial charge on any atom is -0.453 e. The third-order valence-electron chi connectivity index (χ3n) is 7.40. The molecule has 166 valence electrons. The van der Waals surface area contributed by atoms with Gasteiger partial charge in [0, 0.05) is 5.41 Å². The SMILES string of the molecule is CC(OC(=O)CNC(=O)C12CC3CC(CC(C3)C1)C2)c1nc2ccccc2n1C(F)F. The molecule has 0 radical (unpaired) electrons. The fourth-order valence-electron chi connectivity index (χ4n) is 6.58. The molecular formula is C23H27F2N3O3. The van der Waals surface area contributed by atoms with Crippen LogP contribution in [0.3, 0.4) is 0 Å². The topological polar surface area (TPSA) is 73.2 Å². The first-order chi connectivity index (χ1) is 14.8. The summed E-state index contributed by atoms with van der Waals surface area (Å²) in [6, 6.07) is 6.56. The van der Waals surface area contributed by atoms with Gasteiger partial charge in [-0.15, -0.1) is 0 Å². The van der Waals surface area contributed by atoms with Crippen LogP contribution in [0.5, 0.6) is 0 Å². The summed E-state index contributed by atoms with van der Waals surface area (Å²) in [6.07, 6.45) is 5.47. The van der Waals surface area contributed by atoms with Gasteiger partial charge < -0.3 is 10.1 Å². The van der Waals surface area contributed by atoms with Crippen LogP contribution in [0.15, 0.2) is 24.3 Å². The summed E-state index contributed by atoms with van der Waals surface area (Å²) in [6.45, 7) is -1.56. The monoisotopic (exact) mass is 431 g/mol. The van der Waals surface area contributed by atoms with E-state index in [0.29, 0.717) is 23.3 Å². The number of amides is 1. The predicted molar refractivity (Wildman–Crippen MR) is 109 cm³/mol. The summed E-state index contributed by atoms with van der Waals surface area (Å²) in [5, 5.41) is 2.77. The van der Waals surface area contributed by atoms with Gasteiger partial charge in [0.15, 0.2) is 11.9 Å². The first-order valence-electron chi connectivity index (χ1n) is 11.1. The molecule has 0 spiro atoms. The molecule has 4 aliphatic carbocycles. The molecule has 4 aliphatic rings. The highest BCUT2D eigenvalue weighted by atomic mass is 19.3. The Balaban J connectivity index is 1.23. The van der Waals surface area contributed by atoms with E-state index in [1.807, 2.05) is 0 Å². The fraction of sp³-hybridized carbons (Fsp3) is 0.609. The number of nitrogens with one attached hydrogen (secondary N) is 1. The lowest BCUT2D eigenvalue weighted by atomic mass is 9.49. The molecule has 4 bridgehead atoms. The maximum Gasteiger partial charge on any atom is 0.326 e. The second-order valence-corrected chi connectivity index (χ2v) is 9.62. The van der Waals surface area contributed by atoms with E-state index >= 15 is 0 Å². The largest absolute Gasteiger partial charge is 0.453 e. The van der Waals surface area contributed by atoms with E-state index in [9.17, 15) is 18.4 Å². The fourth-order valence-corrected chi connectivity index (χ4v) is 6.58. The maximum atomic E-state index is 13.6. The second-order valence-electron chi connectivity index (χ2n) is 9.62. The van der Waals surface area contributed by atoms with E-state index in [4.69, 9.17) is 4.74 Å². The van der Waals surface area contributed by atoms with Crippen molar-refractivity contribution in [3.8, 4) is 0 Å². The molecule has 0 aliphatic heterocycles. The average molecular weight is 431 g/mol. The van der Waals surface area contributed by atoms with Crippen LogP contribution in [0.2, 0.25) is 0 Å². The number of carbonyl (C=O) groups is 2. The second kappa shape index (κ2) is 7.57. The third-order valence-corrected chi connectivity index (χ3v) is 7.40. The van der Waals surface area contributed by atoms with Crippen LogP contribution in [0, 0.1) is 23.2 Å². The number of halogens is 2. The number of hydrogen-bond acceptors (Lipinski definition) is 4. The van der Waals surface area contributed by atoms with Gasteiger partial charge in [-0.1, -0.05) is 12.1 Å². The number of nitrogens with zero attached hydrogens (tertiary/aromatic N) is 2. The van der Waals surface area contributed by atoms with Crippen molar-refractivity contribution in [1.29, 1.82) is 0 Å². The molecule has 1 heterocycles. The van der Waals surface area contributed by atoms with Gasteiger partial charge >= 0.3 is 12.5 Å². The maximum absolute atomic E-state index is 13.6. The molecule has 6 nitrogen and oxygen atoms in total. The molecule has 8 heteroatoms. The third kappa shape index (κ3) is 3.59. The highest BCUT2D eigenvalue weighted by molar-refractivity contribution is 5.86. The Kier molecular flexibility index (Phi) is 4.98. The van der Waals surface area contributed by atoms with Gasteiger partial charge in [-0.25, -0.2) is 4.98 Å². The van der Waals surface area contributed by atoms with E-state index in [-0.39, 0.29) is 29.2 Å². The van der Waals surface area contributed by atoms with Crippen LogP contribution in [0.4, 0.5) is 8.78 Å². The number of alkyl halides is 2. The molecule has 0 saturated heterocycles. The van der Waals surface area contributed by atoms with E-state index in [2.05, 4.69) is 10.3 Å². The van der Waals surface area contributed by atoms with Crippen molar-refractivity contribution in [2.75, 3.05) is 6.54 Å². The average Bonchev–Trinajstić information content (AvgIpc) is 3.11. The lowest BCUT2D eigenvalue weighted by Gasteiger charge is -2.55. The van der Waals surface area contributed by atoms with Crippen LogP contribution in [-0.2, 0) is 14.3 Å². The van der Waals surface area contributed by atoms with Crippen LogP contribution >= 0.6 is 0 Å². The molecule has 1 N–H and O–H groups in total. The number of ether oxygens (including phenoxy) is 1. The number of benzene rings is 1. The molecule has 1 amide bonds. The van der Waals surface area contributed by atoms with Gasteiger partial charge in [-0.05, 0) is 75.3 Å². The number of aromatic nitrogens is 2. The molecule has 4 fully saturated rings. The van der Waals surface area contributed by atoms with Crippen molar-refractivity contribution in [2.45, 2.75) is 58.1 Å². The molecule has 1 aromatic carbocycles. The lowest BCUT2D eigenvalue weighted by Crippen LogP contribution is -2.54. The van der Waals surface area contributed by atoms with Gasteiger partial charge in [-0.3, -0.25) is 14.2 Å². The van der Waals surface area contributed by atoms with Gasteiger partial charge in [0.05, 0.1) is 11.0 Å². The van der Waals surface area contributed by atoms with E-state index in [1.54, 1.807) is 24.3 Å². The summed E-state index contributed by atoms with van der Waals surface area (Å²) in [4.78, 5) is 29.6. The number of hydrogen-bond donors (Lipinski definition) is 1. The van der Waals surface area contributed by atoms with Gasteiger partial charge in [0.1, 0.15) is 6.54 Å². The van der Waals surface area contributed by atoms with Crippen molar-refractivity contribution in [3.63, 3.8) is 0 Å². The molecule has 1 aromatic heterocycles. The van der Waals surface area contributed by atoms with Crippen molar-refractivity contribution >= 4 is 22.9 Å². The number of para-hydroxylation sites is 2. The van der Waals surface area contributed by atoms with Crippen LogP contribution in [0.25, 0.3) is 11.0 Å². The molecule has 2 aromatic rings. The Morgan fingerprint density at radius 1 is 1.16 bits per heavy atom. The first kappa shape index (κ1) is 20.4. The number of rotatable bonds is 6. The predicted octanol–water partition coefficient (Wildman–Crippen LogP) is 4.37. The van der Waals surface area contributed by atoms with Crippen LogP contribution in [-0.4, -0.2) is 28.0 Å². The minimum atomic E-state index is -2.81. The normalized spacial score (nSPS) is 30.0. The van der Waals surface area contributed by atoms with Crippen LogP contribution < -0.4 is 5.32 Å². The first-order valence-corrected chi connectivity index (χ1v) is 11.1. The van der Waals surface area contributed by atoms with Crippen LogP contribution in [0.1, 0.15) is 63.9 Å². The minimum absolute atomic E-state index is 0.0167. The molecule has 4 saturated carbocycles. The zero-order valence-electron chi connectivity index (χ0n) is 17.5. The summed E-state index contributed by atoms with van der Waals surface area (Å²) in [7, 11) is 0. The zero-order chi connectivity index (χ0) is 21.8. The quantitative estimate of drug-likeness (QED) is 0.690. The highest BCUT2D eigenvalue weighted by Crippen LogP contribution is 2.60. The van der Waals surface area contributed by atoms with Gasteiger partial charge in [0.25, 0.3) is 0 Å². The van der Waals surface area contributed by atoms with E-state index in [0.717, 1.165) is 23.8 Å². The summed E-state index contributed by atoms with van der Waals surface area (Å²) in [5.74, 6) is 1.16. The number of carbonyl (C=O) groups excluding carboxylic acids is 2. The van der Waals surface area contributed by atoms with E-state index < -0.39 is 18.6 Å². The number of esters is 1. The van der Waals surface area contributed by atoms with E-state index in [1.165, 1.54) is 26.2 Å². The zero-order valence-corrected chi connectivity index (χ0v) is 17.5. The highest BCUT2D eigenvalue weighted by Gasteiger charge is 2.54. The Hall–Kier alpha value is -2.51. The standard InChI is InChI=1S/C23H27F2N3O3/c1-13(20-27-17-4-2-3-5-18(17)28(20)22(24)25)31-19(29)12-26-21(30)23-9-14-6-15(10-23)8-16(7-14)11-23/h2-5,13-16,22H,6-12H2,1H3,(H,26,30). The number of imidazole rings is 1. The van der Waals surface area contributed by atoms with Crippen molar-refractivity contribution < 1.29 is 23.1 Å².